The van der Waals surface area contributed by atoms with Crippen molar-refractivity contribution in [2.45, 2.75) is 6.04 Å². The number of hydrogen-bond donors (Lipinski definition) is 0. The van der Waals surface area contributed by atoms with Crippen LogP contribution in [0.15, 0.2) is 78.9 Å². The second-order valence-corrected chi connectivity index (χ2v) is 7.30. The smallest absolute Gasteiger partial charge is 0.125 e. The Morgan fingerprint density at radius 3 is 2.07 bits per heavy atom. The lowest BCUT2D eigenvalue weighted by Crippen LogP contribution is -2.48. The average molecular weight is 381 g/mol. The van der Waals surface area contributed by atoms with Crippen LogP contribution >= 0.6 is 11.6 Å². The van der Waals surface area contributed by atoms with Crippen molar-refractivity contribution in [1.82, 2.24) is 4.90 Å². The molecule has 3 aromatic carbocycles. The van der Waals surface area contributed by atoms with Crippen LogP contribution in [0.2, 0.25) is 5.02 Å². The van der Waals surface area contributed by atoms with Crippen LogP contribution in [0.3, 0.4) is 0 Å². The van der Waals surface area contributed by atoms with Crippen LogP contribution in [-0.2, 0) is 0 Å². The summed E-state index contributed by atoms with van der Waals surface area (Å²) in [6, 6.07) is 25.8. The molecule has 0 saturated carbocycles. The summed E-state index contributed by atoms with van der Waals surface area (Å²) in [5.74, 6) is -0.182. The molecule has 0 radical (unpaired) electrons. The molecule has 0 spiro atoms. The zero-order chi connectivity index (χ0) is 18.6. The molecular formula is C23H22ClFN2. The minimum atomic E-state index is -0.182. The van der Waals surface area contributed by atoms with E-state index in [0.717, 1.165) is 36.9 Å². The van der Waals surface area contributed by atoms with Gasteiger partial charge in [0.2, 0.25) is 0 Å². The van der Waals surface area contributed by atoms with E-state index in [4.69, 9.17) is 11.6 Å². The molecule has 0 aromatic heterocycles. The summed E-state index contributed by atoms with van der Waals surface area (Å²) in [5, 5.41) is 0.751. The first-order valence-corrected chi connectivity index (χ1v) is 9.63. The van der Waals surface area contributed by atoms with Gasteiger partial charge in [-0.1, -0.05) is 60.1 Å². The minimum absolute atomic E-state index is 0.182. The molecule has 1 fully saturated rings. The Bertz CT molecular complexity index is 874. The topological polar surface area (TPSA) is 6.48 Å². The molecule has 2 nitrogen and oxygen atoms in total. The van der Waals surface area contributed by atoms with Gasteiger partial charge in [-0.25, -0.2) is 4.39 Å². The lowest BCUT2D eigenvalue weighted by atomic mass is 9.96. The normalized spacial score (nSPS) is 16.3. The number of piperazine rings is 1. The van der Waals surface area contributed by atoms with Gasteiger partial charge in [0.1, 0.15) is 5.82 Å². The molecule has 4 heteroatoms. The number of hydrogen-bond acceptors (Lipinski definition) is 2. The van der Waals surface area contributed by atoms with Crippen LogP contribution in [0.5, 0.6) is 0 Å². The molecule has 0 bridgehead atoms. The van der Waals surface area contributed by atoms with Crippen LogP contribution in [0, 0.1) is 5.82 Å². The van der Waals surface area contributed by atoms with Gasteiger partial charge in [0.05, 0.1) is 6.04 Å². The van der Waals surface area contributed by atoms with Crippen LogP contribution in [-0.4, -0.2) is 31.1 Å². The number of halogens is 2. The molecule has 1 aliphatic rings. The Labute approximate surface area is 164 Å². The summed E-state index contributed by atoms with van der Waals surface area (Å²) in [5.41, 5.74) is 3.47. The molecule has 1 saturated heterocycles. The van der Waals surface area contributed by atoms with E-state index in [0.29, 0.717) is 0 Å². The van der Waals surface area contributed by atoms with Gasteiger partial charge in [0, 0.05) is 36.9 Å². The lowest BCUT2D eigenvalue weighted by Gasteiger charge is -2.40. The highest BCUT2D eigenvalue weighted by molar-refractivity contribution is 6.30. The summed E-state index contributed by atoms with van der Waals surface area (Å²) in [6.07, 6.45) is 0. The van der Waals surface area contributed by atoms with Gasteiger partial charge in [-0.2, -0.15) is 0 Å². The lowest BCUT2D eigenvalue weighted by molar-refractivity contribution is 0.212. The van der Waals surface area contributed by atoms with Crippen molar-refractivity contribution in [3.8, 4) is 0 Å². The summed E-state index contributed by atoms with van der Waals surface area (Å²) < 4.78 is 13.6. The van der Waals surface area contributed by atoms with Gasteiger partial charge in [-0.15, -0.1) is 0 Å². The van der Waals surface area contributed by atoms with E-state index >= 15 is 0 Å². The highest BCUT2D eigenvalue weighted by Gasteiger charge is 2.26. The Morgan fingerprint density at radius 1 is 0.741 bits per heavy atom. The maximum absolute atomic E-state index is 13.6. The first kappa shape index (κ1) is 18.0. The SMILES string of the molecule is Fc1cccc(N2CCN([C@H](c3ccccc3)c3ccc(Cl)cc3)CC2)c1. The molecule has 27 heavy (non-hydrogen) atoms. The van der Waals surface area contributed by atoms with E-state index in [9.17, 15) is 4.39 Å². The largest absolute Gasteiger partial charge is 0.369 e. The number of benzene rings is 3. The Kier molecular flexibility index (Phi) is 5.42. The summed E-state index contributed by atoms with van der Waals surface area (Å²) in [7, 11) is 0. The Balaban J connectivity index is 1.56. The molecular weight excluding hydrogens is 359 g/mol. The van der Waals surface area contributed by atoms with Gasteiger partial charge in [0.25, 0.3) is 0 Å². The number of anilines is 1. The maximum atomic E-state index is 13.6. The van der Waals surface area contributed by atoms with Crippen LogP contribution in [0.1, 0.15) is 17.2 Å². The van der Waals surface area contributed by atoms with Crippen molar-refractivity contribution in [3.05, 3.63) is 101 Å². The maximum Gasteiger partial charge on any atom is 0.125 e. The van der Waals surface area contributed by atoms with Gasteiger partial charge < -0.3 is 4.90 Å². The summed E-state index contributed by atoms with van der Waals surface area (Å²) in [4.78, 5) is 4.75. The van der Waals surface area contributed by atoms with E-state index in [1.54, 1.807) is 12.1 Å². The second kappa shape index (κ2) is 8.12. The van der Waals surface area contributed by atoms with Crippen LogP contribution in [0.4, 0.5) is 10.1 Å². The number of nitrogens with zero attached hydrogens (tertiary/aromatic N) is 2. The highest BCUT2D eigenvalue weighted by Crippen LogP contribution is 2.31. The molecule has 1 atom stereocenters. The van der Waals surface area contributed by atoms with Crippen molar-refractivity contribution in [2.24, 2.45) is 0 Å². The second-order valence-electron chi connectivity index (χ2n) is 6.87. The van der Waals surface area contributed by atoms with Crippen LogP contribution < -0.4 is 4.90 Å². The van der Waals surface area contributed by atoms with Crippen molar-refractivity contribution in [2.75, 3.05) is 31.1 Å². The minimum Gasteiger partial charge on any atom is -0.369 e. The third-order valence-electron chi connectivity index (χ3n) is 5.15. The van der Waals surface area contributed by atoms with Crippen molar-refractivity contribution >= 4 is 17.3 Å². The van der Waals surface area contributed by atoms with E-state index in [-0.39, 0.29) is 11.9 Å². The van der Waals surface area contributed by atoms with E-state index in [1.165, 1.54) is 17.2 Å². The first-order chi connectivity index (χ1) is 13.2. The van der Waals surface area contributed by atoms with Crippen molar-refractivity contribution in [3.63, 3.8) is 0 Å². The number of rotatable bonds is 4. The molecule has 0 aliphatic carbocycles. The van der Waals surface area contributed by atoms with Crippen molar-refractivity contribution in [1.29, 1.82) is 0 Å². The van der Waals surface area contributed by atoms with Gasteiger partial charge in [0.15, 0.2) is 0 Å². The third kappa shape index (κ3) is 4.15. The molecule has 0 unspecified atom stereocenters. The predicted octanol–water partition coefficient (Wildman–Crippen LogP) is 5.39. The molecule has 0 N–H and O–H groups in total. The zero-order valence-electron chi connectivity index (χ0n) is 15.1. The fraction of sp³-hybridized carbons (Fsp3) is 0.217. The van der Waals surface area contributed by atoms with Gasteiger partial charge >= 0.3 is 0 Å². The Hall–Kier alpha value is -2.36. The zero-order valence-corrected chi connectivity index (χ0v) is 15.8. The fourth-order valence-corrected chi connectivity index (χ4v) is 3.93. The van der Waals surface area contributed by atoms with E-state index in [2.05, 4.69) is 46.2 Å². The average Bonchev–Trinajstić information content (AvgIpc) is 2.71. The molecule has 0 amide bonds. The predicted molar refractivity (Wildman–Crippen MR) is 110 cm³/mol. The quantitative estimate of drug-likeness (QED) is 0.598. The molecule has 1 heterocycles. The monoisotopic (exact) mass is 380 g/mol. The Morgan fingerprint density at radius 2 is 1.41 bits per heavy atom. The fourth-order valence-electron chi connectivity index (χ4n) is 3.81. The molecule has 3 aromatic rings. The van der Waals surface area contributed by atoms with Crippen molar-refractivity contribution < 1.29 is 4.39 Å². The summed E-state index contributed by atoms with van der Waals surface area (Å²) in [6.45, 7) is 3.58. The van der Waals surface area contributed by atoms with E-state index < -0.39 is 0 Å². The summed E-state index contributed by atoms with van der Waals surface area (Å²) >= 11 is 6.10. The standard InChI is InChI=1S/C23H22ClFN2/c24-20-11-9-19(10-12-20)23(18-5-2-1-3-6-18)27-15-13-26(14-16-27)22-8-4-7-21(25)17-22/h1-12,17,23H,13-16H2/t23-/m1/s1. The molecule has 4 rings (SSSR count). The van der Waals surface area contributed by atoms with E-state index in [1.807, 2.05) is 24.3 Å². The molecule has 138 valence electrons. The van der Waals surface area contributed by atoms with Gasteiger partial charge in [-0.05, 0) is 41.5 Å². The highest BCUT2D eigenvalue weighted by atomic mass is 35.5. The first-order valence-electron chi connectivity index (χ1n) is 9.26. The van der Waals surface area contributed by atoms with Crippen LogP contribution in [0.25, 0.3) is 0 Å². The third-order valence-corrected chi connectivity index (χ3v) is 5.41. The molecule has 1 aliphatic heterocycles. The van der Waals surface area contributed by atoms with Gasteiger partial charge in [-0.3, -0.25) is 4.90 Å².